The average molecular weight is 229 g/mol. The summed E-state index contributed by atoms with van der Waals surface area (Å²) in [5.41, 5.74) is 2.25. The lowest BCUT2D eigenvalue weighted by Gasteiger charge is -2.06. The largest absolute Gasteiger partial charge is 0.388 e. The maximum atomic E-state index is 10.3. The van der Waals surface area contributed by atoms with Gasteiger partial charge in [-0.2, -0.15) is 0 Å². The third-order valence-corrected chi connectivity index (χ3v) is 2.17. The van der Waals surface area contributed by atoms with Crippen LogP contribution >= 0.6 is 15.9 Å². The van der Waals surface area contributed by atoms with Crippen molar-refractivity contribution in [3.8, 4) is 0 Å². The van der Waals surface area contributed by atoms with Crippen LogP contribution in [0.1, 0.15) is 5.56 Å². The zero-order valence-electron chi connectivity index (χ0n) is 6.89. The number of rotatable bonds is 2. The van der Waals surface area contributed by atoms with Gasteiger partial charge in [0.2, 0.25) is 0 Å². The minimum absolute atomic E-state index is 0.466. The van der Waals surface area contributed by atoms with Gasteiger partial charge in [-0.15, -0.1) is 4.91 Å². The Kier molecular flexibility index (Phi) is 2.81. The van der Waals surface area contributed by atoms with E-state index in [-0.39, 0.29) is 0 Å². The van der Waals surface area contributed by atoms with E-state index >= 15 is 0 Å². The molecular weight excluding hydrogens is 220 g/mol. The lowest BCUT2D eigenvalue weighted by atomic mass is 10.1. The molecular formula is C8H9BrN2O. The number of halogens is 1. The van der Waals surface area contributed by atoms with Crippen LogP contribution in [-0.4, -0.2) is 7.05 Å². The fourth-order valence-electron chi connectivity index (χ4n) is 1.02. The van der Waals surface area contributed by atoms with Gasteiger partial charge in [-0.05, 0) is 24.2 Å². The number of nitrogens with zero attached hydrogens (tertiary/aromatic N) is 1. The van der Waals surface area contributed by atoms with E-state index in [1.54, 1.807) is 6.07 Å². The zero-order valence-corrected chi connectivity index (χ0v) is 8.47. The summed E-state index contributed by atoms with van der Waals surface area (Å²) < 4.78 is 0.854. The van der Waals surface area contributed by atoms with Gasteiger partial charge >= 0.3 is 0 Å². The summed E-state index contributed by atoms with van der Waals surface area (Å²) >= 11 is 3.29. The topological polar surface area (TPSA) is 41.5 Å². The Balaban J connectivity index is 3.31. The molecule has 0 bridgehead atoms. The summed E-state index contributed by atoms with van der Waals surface area (Å²) in [7, 11) is 1.81. The van der Waals surface area contributed by atoms with Crippen molar-refractivity contribution in [2.45, 2.75) is 6.92 Å². The molecule has 0 aliphatic rings. The van der Waals surface area contributed by atoms with Gasteiger partial charge in [0.25, 0.3) is 0 Å². The molecule has 3 nitrogen and oxygen atoms in total. The second-order valence-corrected chi connectivity index (χ2v) is 3.35. The quantitative estimate of drug-likeness (QED) is 0.791. The second-order valence-electron chi connectivity index (χ2n) is 2.44. The van der Waals surface area contributed by atoms with Gasteiger partial charge in [-0.25, -0.2) is 0 Å². The van der Waals surface area contributed by atoms with Crippen LogP contribution in [0.3, 0.4) is 0 Å². The molecule has 0 radical (unpaired) electrons. The van der Waals surface area contributed by atoms with Gasteiger partial charge in [0.1, 0.15) is 5.69 Å². The number of anilines is 1. The van der Waals surface area contributed by atoms with E-state index in [4.69, 9.17) is 0 Å². The van der Waals surface area contributed by atoms with Crippen LogP contribution in [0.2, 0.25) is 0 Å². The Morgan fingerprint density at radius 1 is 1.50 bits per heavy atom. The van der Waals surface area contributed by atoms with E-state index < -0.39 is 0 Å². The van der Waals surface area contributed by atoms with Crippen LogP contribution in [0.25, 0.3) is 0 Å². The summed E-state index contributed by atoms with van der Waals surface area (Å²) in [6.45, 7) is 1.86. The van der Waals surface area contributed by atoms with Gasteiger partial charge in [-0.3, -0.25) is 0 Å². The van der Waals surface area contributed by atoms with Crippen molar-refractivity contribution in [2.24, 2.45) is 5.18 Å². The predicted octanol–water partition coefficient (Wildman–Crippen LogP) is 3.20. The van der Waals surface area contributed by atoms with E-state index in [0.29, 0.717) is 5.69 Å². The lowest BCUT2D eigenvalue weighted by molar-refractivity contribution is 1.35. The minimum atomic E-state index is 0.466. The van der Waals surface area contributed by atoms with E-state index in [1.165, 1.54) is 0 Å². The summed E-state index contributed by atoms with van der Waals surface area (Å²) in [6.07, 6.45) is 0. The average Bonchev–Trinajstić information content (AvgIpc) is 2.08. The van der Waals surface area contributed by atoms with Crippen molar-refractivity contribution < 1.29 is 0 Å². The maximum absolute atomic E-state index is 10.3. The first-order valence-electron chi connectivity index (χ1n) is 3.50. The third-order valence-electron chi connectivity index (χ3n) is 1.71. The lowest BCUT2D eigenvalue weighted by Crippen LogP contribution is -1.91. The molecule has 1 aromatic rings. The molecule has 0 aliphatic carbocycles. The molecule has 0 saturated heterocycles. The summed E-state index contributed by atoms with van der Waals surface area (Å²) in [4.78, 5) is 10.3. The van der Waals surface area contributed by atoms with Crippen LogP contribution in [0.15, 0.2) is 21.8 Å². The number of hydrogen-bond donors (Lipinski definition) is 1. The summed E-state index contributed by atoms with van der Waals surface area (Å²) in [5.74, 6) is 0. The Labute approximate surface area is 79.3 Å². The SMILES string of the molecule is CNc1cc(Br)cc(N=O)c1C. The molecule has 0 aliphatic heterocycles. The van der Waals surface area contributed by atoms with Crippen molar-refractivity contribution >= 4 is 27.3 Å². The highest BCUT2D eigenvalue weighted by Gasteiger charge is 2.04. The molecule has 1 rings (SSSR count). The first-order chi connectivity index (χ1) is 5.69. The van der Waals surface area contributed by atoms with Crippen LogP contribution in [0.5, 0.6) is 0 Å². The molecule has 0 heterocycles. The monoisotopic (exact) mass is 228 g/mol. The Hall–Kier alpha value is -0.900. The number of benzene rings is 1. The maximum Gasteiger partial charge on any atom is 0.114 e. The molecule has 12 heavy (non-hydrogen) atoms. The van der Waals surface area contributed by atoms with Crippen LogP contribution in [0, 0.1) is 11.8 Å². The first-order valence-corrected chi connectivity index (χ1v) is 4.29. The van der Waals surface area contributed by atoms with Crippen LogP contribution in [0.4, 0.5) is 11.4 Å². The highest BCUT2D eigenvalue weighted by atomic mass is 79.9. The molecule has 0 spiro atoms. The van der Waals surface area contributed by atoms with Crippen molar-refractivity contribution in [3.63, 3.8) is 0 Å². The third kappa shape index (κ3) is 1.64. The summed E-state index contributed by atoms with van der Waals surface area (Å²) in [6, 6.07) is 3.60. The van der Waals surface area contributed by atoms with Crippen molar-refractivity contribution in [3.05, 3.63) is 27.1 Å². The van der Waals surface area contributed by atoms with Gasteiger partial charge in [0.15, 0.2) is 0 Å². The Morgan fingerprint density at radius 3 is 2.67 bits per heavy atom. The van der Waals surface area contributed by atoms with E-state index in [1.807, 2.05) is 20.0 Å². The molecule has 0 atom stereocenters. The predicted molar refractivity (Wildman–Crippen MR) is 53.9 cm³/mol. The van der Waals surface area contributed by atoms with Gasteiger partial charge in [0.05, 0.1) is 0 Å². The van der Waals surface area contributed by atoms with E-state index in [0.717, 1.165) is 15.7 Å². The molecule has 64 valence electrons. The van der Waals surface area contributed by atoms with Crippen molar-refractivity contribution in [1.82, 2.24) is 0 Å². The summed E-state index contributed by atoms with van der Waals surface area (Å²) in [5, 5.41) is 5.90. The molecule has 0 saturated carbocycles. The molecule has 1 N–H and O–H groups in total. The normalized spacial score (nSPS) is 9.58. The minimum Gasteiger partial charge on any atom is -0.388 e. The molecule has 4 heteroatoms. The smallest absolute Gasteiger partial charge is 0.114 e. The molecule has 0 unspecified atom stereocenters. The van der Waals surface area contributed by atoms with Crippen LogP contribution in [-0.2, 0) is 0 Å². The fraction of sp³-hybridized carbons (Fsp3) is 0.250. The zero-order chi connectivity index (χ0) is 9.14. The van der Waals surface area contributed by atoms with E-state index in [9.17, 15) is 4.91 Å². The molecule has 0 fully saturated rings. The molecule has 0 amide bonds. The Bertz CT molecular complexity index is 312. The van der Waals surface area contributed by atoms with Gasteiger partial charge in [-0.1, -0.05) is 15.9 Å². The standard InChI is InChI=1S/C8H9BrN2O/c1-5-7(10-2)3-6(9)4-8(5)11-12/h3-4,10H,1-2H3. The van der Waals surface area contributed by atoms with Gasteiger partial charge in [0, 0.05) is 22.8 Å². The number of nitroso groups, excluding NO2 is 1. The fourth-order valence-corrected chi connectivity index (χ4v) is 1.46. The molecule has 0 aromatic heterocycles. The van der Waals surface area contributed by atoms with E-state index in [2.05, 4.69) is 26.4 Å². The van der Waals surface area contributed by atoms with Crippen molar-refractivity contribution in [2.75, 3.05) is 12.4 Å². The number of hydrogen-bond acceptors (Lipinski definition) is 3. The van der Waals surface area contributed by atoms with Crippen molar-refractivity contribution in [1.29, 1.82) is 0 Å². The van der Waals surface area contributed by atoms with Crippen LogP contribution < -0.4 is 5.32 Å². The highest BCUT2D eigenvalue weighted by Crippen LogP contribution is 2.30. The molecule has 1 aromatic carbocycles. The first kappa shape index (κ1) is 9.19. The second kappa shape index (κ2) is 3.67. The Morgan fingerprint density at radius 2 is 2.17 bits per heavy atom. The van der Waals surface area contributed by atoms with Gasteiger partial charge < -0.3 is 5.32 Å². The number of nitrogens with one attached hydrogen (secondary N) is 1. The highest BCUT2D eigenvalue weighted by molar-refractivity contribution is 9.10.